The van der Waals surface area contributed by atoms with Crippen LogP contribution in [0.2, 0.25) is 0 Å². The van der Waals surface area contributed by atoms with E-state index in [4.69, 9.17) is 22.1 Å². The van der Waals surface area contributed by atoms with Crippen molar-refractivity contribution in [1.82, 2.24) is 5.32 Å². The fraction of sp³-hybridized carbons (Fsp3) is 0.167. The normalized spacial score (nSPS) is 10.2. The summed E-state index contributed by atoms with van der Waals surface area (Å²) in [5.74, 6) is -1.41. The Kier molecular flexibility index (Phi) is 6.75. The smallest absolute Gasteiger partial charge is 0.339 e. The first-order chi connectivity index (χ1) is 12.7. The van der Waals surface area contributed by atoms with E-state index in [1.165, 1.54) is 12.1 Å². The molecule has 0 aromatic heterocycles. The lowest BCUT2D eigenvalue weighted by Crippen LogP contribution is -2.34. The lowest BCUT2D eigenvalue weighted by atomic mass is 10.1. The molecule has 1 amide bonds. The molecule has 2 aromatic carbocycles. The third-order valence-corrected chi connectivity index (χ3v) is 4.33. The highest BCUT2D eigenvalue weighted by atomic mass is 79.9. The van der Waals surface area contributed by atoms with Crippen molar-refractivity contribution in [2.45, 2.75) is 13.8 Å². The number of rotatable bonds is 5. The monoisotopic (exact) mass is 452 g/mol. The Hall–Kier alpha value is -2.65. The molecular formula is C18H17BrN2O5S. The van der Waals surface area contributed by atoms with Crippen LogP contribution in [-0.4, -0.2) is 33.8 Å². The van der Waals surface area contributed by atoms with Gasteiger partial charge in [0, 0.05) is 11.3 Å². The summed E-state index contributed by atoms with van der Waals surface area (Å²) in [6, 6.07) is 7.63. The fourth-order valence-electron chi connectivity index (χ4n) is 2.27. The molecule has 0 unspecified atom stereocenters. The Morgan fingerprint density at radius 1 is 1.26 bits per heavy atom. The number of aromatic carboxylic acids is 1. The van der Waals surface area contributed by atoms with E-state index >= 15 is 0 Å². The summed E-state index contributed by atoms with van der Waals surface area (Å²) in [6.07, 6.45) is 0. The summed E-state index contributed by atoms with van der Waals surface area (Å²) in [4.78, 5) is 23.5. The number of carbonyl (C=O) groups excluding carboxylic acids is 1. The zero-order chi connectivity index (χ0) is 20.1. The van der Waals surface area contributed by atoms with Gasteiger partial charge in [0.05, 0.1) is 11.1 Å². The van der Waals surface area contributed by atoms with Gasteiger partial charge in [-0.3, -0.25) is 10.1 Å². The van der Waals surface area contributed by atoms with Crippen LogP contribution in [-0.2, 0) is 0 Å². The van der Waals surface area contributed by atoms with Gasteiger partial charge in [0.25, 0.3) is 5.91 Å². The molecule has 2 aromatic rings. The predicted octanol–water partition coefficient (Wildman–Crippen LogP) is 3.69. The van der Waals surface area contributed by atoms with Gasteiger partial charge in [-0.1, -0.05) is 0 Å². The number of halogens is 1. The first-order valence-electron chi connectivity index (χ1n) is 7.84. The Morgan fingerprint density at radius 2 is 1.96 bits per heavy atom. The molecule has 9 heteroatoms. The molecule has 0 heterocycles. The van der Waals surface area contributed by atoms with Gasteiger partial charge >= 0.3 is 5.97 Å². The summed E-state index contributed by atoms with van der Waals surface area (Å²) in [7, 11) is 0. The predicted molar refractivity (Wildman–Crippen MR) is 109 cm³/mol. The van der Waals surface area contributed by atoms with Crippen LogP contribution in [0.4, 0.5) is 5.69 Å². The van der Waals surface area contributed by atoms with Crippen molar-refractivity contribution in [3.63, 3.8) is 0 Å². The van der Waals surface area contributed by atoms with Gasteiger partial charge in [0.15, 0.2) is 5.11 Å². The van der Waals surface area contributed by atoms with Gasteiger partial charge in [-0.25, -0.2) is 4.79 Å². The first kappa shape index (κ1) is 20.7. The Bertz CT molecular complexity index is 917. The molecule has 4 N–H and O–H groups in total. The molecule has 142 valence electrons. The zero-order valence-electron chi connectivity index (χ0n) is 14.5. The van der Waals surface area contributed by atoms with Crippen molar-refractivity contribution >= 4 is 50.8 Å². The number of amides is 1. The second-order valence-electron chi connectivity index (χ2n) is 5.48. The first-order valence-corrected chi connectivity index (χ1v) is 9.04. The molecule has 0 atom stereocenters. The van der Waals surface area contributed by atoms with Gasteiger partial charge in [-0.15, -0.1) is 0 Å². The average Bonchev–Trinajstić information content (AvgIpc) is 2.59. The molecule has 0 radical (unpaired) electrons. The van der Waals surface area contributed by atoms with E-state index in [1.54, 1.807) is 25.1 Å². The van der Waals surface area contributed by atoms with Crippen LogP contribution in [0, 0.1) is 6.92 Å². The lowest BCUT2D eigenvalue weighted by Gasteiger charge is -2.13. The highest BCUT2D eigenvalue weighted by Gasteiger charge is 2.15. The largest absolute Gasteiger partial charge is 0.507 e. The number of aryl methyl sites for hydroxylation is 1. The number of anilines is 1. The second kappa shape index (κ2) is 8.83. The number of thiocarbonyl (C=S) groups is 1. The van der Waals surface area contributed by atoms with Gasteiger partial charge in [-0.2, -0.15) is 0 Å². The van der Waals surface area contributed by atoms with Crippen molar-refractivity contribution in [2.24, 2.45) is 0 Å². The third kappa shape index (κ3) is 5.18. The molecule has 0 saturated heterocycles. The minimum Gasteiger partial charge on any atom is -0.507 e. The number of carboxylic acid groups (broad SMARTS) is 1. The van der Waals surface area contributed by atoms with Crippen LogP contribution in [0.5, 0.6) is 11.5 Å². The lowest BCUT2D eigenvalue weighted by molar-refractivity contribution is 0.0693. The molecule has 0 aliphatic heterocycles. The summed E-state index contributed by atoms with van der Waals surface area (Å²) < 4.78 is 6.03. The van der Waals surface area contributed by atoms with Gasteiger partial charge in [0.2, 0.25) is 0 Å². The average molecular weight is 453 g/mol. The van der Waals surface area contributed by atoms with E-state index < -0.39 is 11.9 Å². The number of benzene rings is 2. The second-order valence-corrected chi connectivity index (χ2v) is 6.74. The number of ether oxygens (including phenoxy) is 1. The summed E-state index contributed by atoms with van der Waals surface area (Å²) in [5.41, 5.74) is 0.799. The van der Waals surface area contributed by atoms with E-state index in [1.807, 2.05) is 6.92 Å². The molecule has 27 heavy (non-hydrogen) atoms. The maximum Gasteiger partial charge on any atom is 0.339 e. The molecule has 0 saturated carbocycles. The van der Waals surface area contributed by atoms with E-state index in [9.17, 15) is 14.7 Å². The number of carbonyl (C=O) groups is 2. The Balaban J connectivity index is 2.11. The van der Waals surface area contributed by atoms with E-state index in [2.05, 4.69) is 26.6 Å². The SMILES string of the molecule is CCOc1ccc(C(=O)NC(=S)Nc2cc(C)c(O)c(C(=O)O)c2)cc1Br. The zero-order valence-corrected chi connectivity index (χ0v) is 16.9. The standard InChI is InChI=1S/C18H17BrN2O5S/c1-3-26-14-5-4-10(7-13(14)19)16(23)21-18(27)20-11-6-9(2)15(22)12(8-11)17(24)25/h4-8,22H,3H2,1-2H3,(H,24,25)(H2,20,21,23,27). The minimum absolute atomic E-state index is 0.00793. The maximum absolute atomic E-state index is 12.3. The van der Waals surface area contributed by atoms with E-state index in [0.29, 0.717) is 33.6 Å². The topological polar surface area (TPSA) is 108 Å². The Morgan fingerprint density at radius 3 is 2.56 bits per heavy atom. The van der Waals surface area contributed by atoms with Gasteiger partial charge < -0.3 is 20.3 Å². The molecule has 0 aliphatic rings. The van der Waals surface area contributed by atoms with Crippen molar-refractivity contribution in [2.75, 3.05) is 11.9 Å². The van der Waals surface area contributed by atoms with E-state index in [0.717, 1.165) is 0 Å². The minimum atomic E-state index is -1.27. The van der Waals surface area contributed by atoms with Gasteiger partial charge in [0.1, 0.15) is 17.1 Å². The number of hydrogen-bond acceptors (Lipinski definition) is 5. The molecule has 0 fully saturated rings. The molecule has 2 rings (SSSR count). The van der Waals surface area contributed by atoms with Crippen molar-refractivity contribution in [3.05, 3.63) is 51.5 Å². The number of carboxylic acids is 1. The number of aromatic hydroxyl groups is 1. The summed E-state index contributed by atoms with van der Waals surface area (Å²) >= 11 is 8.45. The molecule has 7 nitrogen and oxygen atoms in total. The maximum atomic E-state index is 12.3. The van der Waals surface area contributed by atoms with E-state index in [-0.39, 0.29) is 16.4 Å². The van der Waals surface area contributed by atoms with Gasteiger partial charge in [-0.05, 0) is 77.9 Å². The number of phenols is 1. The molecule has 0 bridgehead atoms. The highest BCUT2D eigenvalue weighted by molar-refractivity contribution is 9.10. The molecule has 0 aliphatic carbocycles. The number of hydrogen-bond donors (Lipinski definition) is 4. The van der Waals surface area contributed by atoms with Crippen LogP contribution < -0.4 is 15.4 Å². The number of nitrogens with one attached hydrogen (secondary N) is 2. The van der Waals surface area contributed by atoms with Crippen LogP contribution in [0.15, 0.2) is 34.8 Å². The van der Waals surface area contributed by atoms with Crippen molar-refractivity contribution in [1.29, 1.82) is 0 Å². The van der Waals surface area contributed by atoms with Crippen LogP contribution in [0.25, 0.3) is 0 Å². The summed E-state index contributed by atoms with van der Waals surface area (Å²) in [6.45, 7) is 3.92. The highest BCUT2D eigenvalue weighted by Crippen LogP contribution is 2.27. The van der Waals surface area contributed by atoms with Crippen LogP contribution >= 0.6 is 28.1 Å². The van der Waals surface area contributed by atoms with Crippen LogP contribution in [0.1, 0.15) is 33.2 Å². The quantitative estimate of drug-likeness (QED) is 0.404. The van der Waals surface area contributed by atoms with Crippen molar-refractivity contribution < 1.29 is 24.5 Å². The van der Waals surface area contributed by atoms with Crippen molar-refractivity contribution in [3.8, 4) is 11.5 Å². The summed E-state index contributed by atoms with van der Waals surface area (Å²) in [5, 5.41) is 24.2. The molecular weight excluding hydrogens is 436 g/mol. The third-order valence-electron chi connectivity index (χ3n) is 3.51. The molecule has 0 spiro atoms. The van der Waals surface area contributed by atoms with Crippen LogP contribution in [0.3, 0.4) is 0 Å². The fourth-order valence-corrected chi connectivity index (χ4v) is 2.97. The Labute approximate surface area is 169 Å².